The highest BCUT2D eigenvalue weighted by molar-refractivity contribution is 5.69. The zero-order chi connectivity index (χ0) is 17.2. The SMILES string of the molecule is CC(C)(C)OC(=O)NC(C)(C)C1=CN(CC[N+](C)(C)C)NN1. The summed E-state index contributed by atoms with van der Waals surface area (Å²) in [6.45, 7) is 11.3. The molecule has 0 aromatic rings. The zero-order valence-corrected chi connectivity index (χ0v) is 15.2. The second-order valence-electron chi connectivity index (χ2n) is 8.24. The topological polar surface area (TPSA) is 65.6 Å². The van der Waals surface area contributed by atoms with Gasteiger partial charge in [0.25, 0.3) is 0 Å². The highest BCUT2D eigenvalue weighted by Gasteiger charge is 2.31. The van der Waals surface area contributed by atoms with Crippen molar-refractivity contribution in [2.24, 2.45) is 0 Å². The Balaban J connectivity index is 2.60. The van der Waals surface area contributed by atoms with Crippen LogP contribution in [-0.4, -0.2) is 61.0 Å². The predicted octanol–water partition coefficient (Wildman–Crippen LogP) is 1.16. The predicted molar refractivity (Wildman–Crippen MR) is 87.4 cm³/mol. The number of ether oxygens (including phenoxy) is 1. The first-order chi connectivity index (χ1) is 9.78. The lowest BCUT2D eigenvalue weighted by molar-refractivity contribution is -0.869. The number of alkyl carbamates (subject to hydrolysis) is 1. The van der Waals surface area contributed by atoms with Gasteiger partial charge in [-0.2, -0.15) is 0 Å². The van der Waals surface area contributed by atoms with Crippen LogP contribution in [0.5, 0.6) is 0 Å². The van der Waals surface area contributed by atoms with Crippen LogP contribution < -0.4 is 16.3 Å². The maximum absolute atomic E-state index is 11.9. The molecule has 0 saturated carbocycles. The Morgan fingerprint density at radius 3 is 2.36 bits per heavy atom. The van der Waals surface area contributed by atoms with Crippen LogP contribution in [0.25, 0.3) is 0 Å². The summed E-state index contributed by atoms with van der Waals surface area (Å²) in [5, 5.41) is 4.87. The fourth-order valence-electron chi connectivity index (χ4n) is 1.82. The van der Waals surface area contributed by atoms with E-state index < -0.39 is 17.2 Å². The molecule has 0 radical (unpaired) electrons. The van der Waals surface area contributed by atoms with Gasteiger partial charge in [0.2, 0.25) is 0 Å². The molecule has 0 unspecified atom stereocenters. The number of hydrazine groups is 2. The summed E-state index contributed by atoms with van der Waals surface area (Å²) in [6.07, 6.45) is 1.55. The molecule has 0 aromatic carbocycles. The van der Waals surface area contributed by atoms with Crippen molar-refractivity contribution in [2.45, 2.75) is 45.8 Å². The Kier molecular flexibility index (Phi) is 5.35. The number of carbonyl (C=O) groups excluding carboxylic acids is 1. The fraction of sp³-hybridized carbons (Fsp3) is 0.800. The molecule has 0 spiro atoms. The first kappa shape index (κ1) is 18.6. The lowest BCUT2D eigenvalue weighted by Crippen LogP contribution is -2.51. The molecule has 128 valence electrons. The normalized spacial score (nSPS) is 16.2. The summed E-state index contributed by atoms with van der Waals surface area (Å²) in [6, 6.07) is 0. The Morgan fingerprint density at radius 2 is 1.86 bits per heavy atom. The third-order valence-corrected chi connectivity index (χ3v) is 3.12. The summed E-state index contributed by atoms with van der Waals surface area (Å²) < 4.78 is 6.20. The summed E-state index contributed by atoms with van der Waals surface area (Å²) in [5.41, 5.74) is 6.03. The second kappa shape index (κ2) is 6.34. The Labute approximate surface area is 134 Å². The first-order valence-electron chi connectivity index (χ1n) is 7.61. The molecule has 0 fully saturated rings. The van der Waals surface area contributed by atoms with E-state index in [9.17, 15) is 4.79 Å². The molecule has 3 N–H and O–H groups in total. The molecular formula is C15H32N5O2+. The standard InChI is InChI=1S/C15H31N5O2/c1-14(2,3)22-13(21)16-15(4,5)12-11-19(18-17-12)9-10-20(6,7)8/h11,17-18H,9-10H2,1-8H3/p+1. The fourth-order valence-corrected chi connectivity index (χ4v) is 1.82. The molecule has 1 rings (SSSR count). The van der Waals surface area contributed by atoms with Crippen molar-refractivity contribution in [2.75, 3.05) is 34.2 Å². The van der Waals surface area contributed by atoms with Crippen molar-refractivity contribution in [1.82, 2.24) is 21.3 Å². The summed E-state index contributed by atoms with van der Waals surface area (Å²) >= 11 is 0. The van der Waals surface area contributed by atoms with Crippen LogP contribution in [-0.2, 0) is 4.74 Å². The quantitative estimate of drug-likeness (QED) is 0.665. The van der Waals surface area contributed by atoms with Gasteiger partial charge in [-0.05, 0) is 34.6 Å². The lowest BCUT2D eigenvalue weighted by atomic mass is 10.0. The van der Waals surface area contributed by atoms with Gasteiger partial charge in [0.15, 0.2) is 0 Å². The van der Waals surface area contributed by atoms with E-state index in [-0.39, 0.29) is 0 Å². The van der Waals surface area contributed by atoms with Gasteiger partial charge in [-0.15, -0.1) is 5.53 Å². The number of nitrogens with one attached hydrogen (secondary N) is 3. The van der Waals surface area contributed by atoms with Crippen LogP contribution in [0.3, 0.4) is 0 Å². The number of rotatable bonds is 5. The van der Waals surface area contributed by atoms with Crippen LogP contribution in [0.4, 0.5) is 4.79 Å². The molecule has 0 saturated heterocycles. The number of likely N-dealkylation sites (N-methyl/N-ethyl adjacent to an activating group) is 1. The van der Waals surface area contributed by atoms with Crippen LogP contribution in [0, 0.1) is 0 Å². The average molecular weight is 314 g/mol. The van der Waals surface area contributed by atoms with Crippen molar-refractivity contribution < 1.29 is 14.0 Å². The third-order valence-electron chi connectivity index (χ3n) is 3.12. The highest BCUT2D eigenvalue weighted by atomic mass is 16.6. The number of hydrogen-bond donors (Lipinski definition) is 3. The minimum atomic E-state index is -0.555. The van der Waals surface area contributed by atoms with Gasteiger partial charge in [-0.25, -0.2) is 4.79 Å². The van der Waals surface area contributed by atoms with Gasteiger partial charge in [-0.1, -0.05) is 0 Å². The van der Waals surface area contributed by atoms with E-state index in [1.54, 1.807) is 0 Å². The zero-order valence-electron chi connectivity index (χ0n) is 15.2. The molecule has 1 aliphatic rings. The number of hydrogen-bond acceptors (Lipinski definition) is 5. The van der Waals surface area contributed by atoms with E-state index in [1.807, 2.05) is 45.8 Å². The van der Waals surface area contributed by atoms with Gasteiger partial charge in [0, 0.05) is 6.20 Å². The lowest BCUT2D eigenvalue weighted by Gasteiger charge is -2.29. The molecule has 22 heavy (non-hydrogen) atoms. The van der Waals surface area contributed by atoms with E-state index in [1.165, 1.54) is 0 Å². The highest BCUT2D eigenvalue weighted by Crippen LogP contribution is 2.17. The molecule has 0 atom stereocenters. The number of carbonyl (C=O) groups is 1. The van der Waals surface area contributed by atoms with Crippen molar-refractivity contribution >= 4 is 6.09 Å². The van der Waals surface area contributed by atoms with Crippen LogP contribution in [0.2, 0.25) is 0 Å². The van der Waals surface area contributed by atoms with Crippen molar-refractivity contribution in [1.29, 1.82) is 0 Å². The van der Waals surface area contributed by atoms with Crippen LogP contribution >= 0.6 is 0 Å². The van der Waals surface area contributed by atoms with E-state index in [4.69, 9.17) is 4.74 Å². The first-order valence-corrected chi connectivity index (χ1v) is 7.61. The van der Waals surface area contributed by atoms with Crippen molar-refractivity contribution in [3.05, 3.63) is 11.9 Å². The summed E-state index contributed by atoms with van der Waals surface area (Å²) in [7, 11) is 6.46. The number of amides is 1. The maximum Gasteiger partial charge on any atom is 0.408 e. The smallest absolute Gasteiger partial charge is 0.408 e. The van der Waals surface area contributed by atoms with Gasteiger partial charge in [0.1, 0.15) is 5.60 Å². The van der Waals surface area contributed by atoms with Gasteiger partial charge in [0.05, 0.1) is 45.5 Å². The number of nitrogens with zero attached hydrogens (tertiary/aromatic N) is 2. The second-order valence-corrected chi connectivity index (χ2v) is 8.24. The summed E-state index contributed by atoms with van der Waals surface area (Å²) in [4.78, 5) is 11.9. The minimum absolute atomic E-state index is 0.426. The molecule has 0 aromatic heterocycles. The van der Waals surface area contributed by atoms with E-state index in [0.717, 1.165) is 23.3 Å². The van der Waals surface area contributed by atoms with E-state index in [2.05, 4.69) is 37.4 Å². The summed E-state index contributed by atoms with van der Waals surface area (Å²) in [5.74, 6) is 0. The van der Waals surface area contributed by atoms with Gasteiger partial charge in [-0.3, -0.25) is 5.01 Å². The largest absolute Gasteiger partial charge is 0.444 e. The van der Waals surface area contributed by atoms with Crippen LogP contribution in [0.15, 0.2) is 11.9 Å². The van der Waals surface area contributed by atoms with Crippen molar-refractivity contribution in [3.63, 3.8) is 0 Å². The molecule has 0 aliphatic carbocycles. The van der Waals surface area contributed by atoms with Gasteiger partial charge >= 0.3 is 6.09 Å². The molecule has 0 bridgehead atoms. The average Bonchev–Trinajstić information content (AvgIpc) is 2.70. The molecular weight excluding hydrogens is 282 g/mol. The molecule has 7 heteroatoms. The van der Waals surface area contributed by atoms with Crippen LogP contribution in [0.1, 0.15) is 34.6 Å². The van der Waals surface area contributed by atoms with Crippen molar-refractivity contribution in [3.8, 4) is 0 Å². The van der Waals surface area contributed by atoms with E-state index in [0.29, 0.717) is 0 Å². The molecule has 1 heterocycles. The molecule has 7 nitrogen and oxygen atoms in total. The van der Waals surface area contributed by atoms with Gasteiger partial charge < -0.3 is 20.0 Å². The molecule has 1 aliphatic heterocycles. The monoisotopic (exact) mass is 314 g/mol. The minimum Gasteiger partial charge on any atom is -0.444 e. The molecule has 1 amide bonds. The van der Waals surface area contributed by atoms with E-state index >= 15 is 0 Å². The Bertz CT molecular complexity index is 432. The Morgan fingerprint density at radius 1 is 1.27 bits per heavy atom. The maximum atomic E-state index is 11.9. The Hall–Kier alpha value is -1.47. The number of quaternary nitrogens is 1. The third kappa shape index (κ3) is 6.53.